The van der Waals surface area contributed by atoms with Crippen LogP contribution in [0.2, 0.25) is 0 Å². The quantitative estimate of drug-likeness (QED) is 0.736. The van der Waals surface area contributed by atoms with Crippen molar-refractivity contribution >= 4 is 40.6 Å². The molecule has 0 bridgehead atoms. The number of rotatable bonds is 5. The lowest BCUT2D eigenvalue weighted by molar-refractivity contribution is -0.123. The summed E-state index contributed by atoms with van der Waals surface area (Å²) in [6.07, 6.45) is 2.70. The molecule has 2 aromatic rings. The first kappa shape index (κ1) is 18.0. The largest absolute Gasteiger partial charge is 0.483 e. The summed E-state index contributed by atoms with van der Waals surface area (Å²) < 4.78 is 0. The van der Waals surface area contributed by atoms with Gasteiger partial charge in [-0.1, -0.05) is 30.3 Å². The molecule has 0 heterocycles. The maximum Gasteiger partial charge on any atom is 0.290 e. The molecule has 22 heavy (non-hydrogen) atoms. The van der Waals surface area contributed by atoms with Gasteiger partial charge in [-0.15, -0.1) is 0 Å². The van der Waals surface area contributed by atoms with Crippen LogP contribution in [-0.4, -0.2) is 35.5 Å². The summed E-state index contributed by atoms with van der Waals surface area (Å²) in [6, 6.07) is 13.5. The van der Waals surface area contributed by atoms with Gasteiger partial charge in [-0.2, -0.15) is 11.8 Å². The molecule has 0 fully saturated rings. The van der Waals surface area contributed by atoms with Crippen molar-refractivity contribution in [1.29, 1.82) is 0 Å². The number of hydrogen-bond donors (Lipinski definition) is 3. The SMILES string of the molecule is CSCC[C@H](N)C(=O)Nc1ccc2ccccc2c1.O=CO. The van der Waals surface area contributed by atoms with E-state index < -0.39 is 6.04 Å². The minimum absolute atomic E-state index is 0.121. The van der Waals surface area contributed by atoms with E-state index in [1.807, 2.05) is 48.7 Å². The molecule has 0 aliphatic heterocycles. The normalized spacial score (nSPS) is 11.2. The van der Waals surface area contributed by atoms with Crippen LogP contribution in [0.25, 0.3) is 10.8 Å². The number of fused-ring (bicyclic) bond motifs is 1. The second-order valence-corrected chi connectivity index (χ2v) is 5.53. The van der Waals surface area contributed by atoms with E-state index in [2.05, 4.69) is 5.32 Å². The zero-order chi connectivity index (χ0) is 16.4. The van der Waals surface area contributed by atoms with E-state index in [1.165, 1.54) is 0 Å². The highest BCUT2D eigenvalue weighted by molar-refractivity contribution is 7.98. The Morgan fingerprint density at radius 2 is 1.95 bits per heavy atom. The van der Waals surface area contributed by atoms with Crippen LogP contribution in [0, 0.1) is 0 Å². The fourth-order valence-corrected chi connectivity index (χ4v) is 2.37. The van der Waals surface area contributed by atoms with Gasteiger partial charge in [-0.3, -0.25) is 9.59 Å². The third-order valence-corrected chi connectivity index (χ3v) is 3.63. The van der Waals surface area contributed by atoms with Gasteiger partial charge < -0.3 is 16.2 Å². The van der Waals surface area contributed by atoms with E-state index in [4.69, 9.17) is 15.6 Å². The van der Waals surface area contributed by atoms with Crippen LogP contribution in [0.15, 0.2) is 42.5 Å². The van der Waals surface area contributed by atoms with E-state index >= 15 is 0 Å². The predicted octanol–water partition coefficient (Wildman–Crippen LogP) is 2.56. The van der Waals surface area contributed by atoms with Gasteiger partial charge in [0, 0.05) is 5.69 Å². The molecule has 6 heteroatoms. The van der Waals surface area contributed by atoms with Crippen molar-refractivity contribution in [3.05, 3.63) is 42.5 Å². The van der Waals surface area contributed by atoms with Crippen LogP contribution in [-0.2, 0) is 9.59 Å². The number of anilines is 1. The molecule has 0 aliphatic rings. The van der Waals surface area contributed by atoms with Crippen LogP contribution >= 0.6 is 11.8 Å². The average Bonchev–Trinajstić information content (AvgIpc) is 2.53. The number of nitrogens with two attached hydrogens (primary N) is 1. The molecule has 1 atom stereocenters. The van der Waals surface area contributed by atoms with Crippen LogP contribution in [0.1, 0.15) is 6.42 Å². The maximum absolute atomic E-state index is 11.9. The first-order chi connectivity index (χ1) is 10.6. The van der Waals surface area contributed by atoms with Crippen molar-refractivity contribution in [3.8, 4) is 0 Å². The Bertz CT molecular complexity index is 619. The summed E-state index contributed by atoms with van der Waals surface area (Å²) in [5.74, 6) is 0.774. The Labute approximate surface area is 133 Å². The Kier molecular flexibility index (Phi) is 8.03. The second-order valence-electron chi connectivity index (χ2n) is 4.54. The van der Waals surface area contributed by atoms with Gasteiger partial charge in [0.05, 0.1) is 6.04 Å². The fraction of sp³-hybridized carbons (Fsp3) is 0.250. The number of amides is 1. The first-order valence-corrected chi connectivity index (χ1v) is 8.13. The molecule has 0 radical (unpaired) electrons. The molecule has 118 valence electrons. The summed E-state index contributed by atoms with van der Waals surface area (Å²) in [6.45, 7) is -0.250. The van der Waals surface area contributed by atoms with Crippen molar-refractivity contribution in [2.24, 2.45) is 5.73 Å². The lowest BCUT2D eigenvalue weighted by Gasteiger charge is -2.12. The van der Waals surface area contributed by atoms with Gasteiger partial charge in [0.1, 0.15) is 0 Å². The molecule has 1 amide bonds. The molecule has 5 nitrogen and oxygen atoms in total. The van der Waals surface area contributed by atoms with Gasteiger partial charge in [-0.05, 0) is 41.3 Å². The molecule has 0 spiro atoms. The van der Waals surface area contributed by atoms with Gasteiger partial charge in [-0.25, -0.2) is 0 Å². The number of benzene rings is 2. The minimum atomic E-state index is -0.445. The standard InChI is InChI=1S/C15H18N2OS.CH2O2/c1-19-9-8-14(16)15(18)17-13-7-6-11-4-2-3-5-12(11)10-13;2-1-3/h2-7,10,14H,8-9,16H2,1H3,(H,17,18);1H,(H,2,3)/t14-;/m0./s1. The molecule has 0 aliphatic carbocycles. The van der Waals surface area contributed by atoms with Crippen molar-refractivity contribution in [3.63, 3.8) is 0 Å². The summed E-state index contributed by atoms with van der Waals surface area (Å²) in [7, 11) is 0. The maximum atomic E-state index is 11.9. The second kappa shape index (κ2) is 9.81. The Morgan fingerprint density at radius 1 is 1.32 bits per heavy atom. The Hall–Kier alpha value is -2.05. The number of carbonyl (C=O) groups is 2. The number of hydrogen-bond acceptors (Lipinski definition) is 4. The minimum Gasteiger partial charge on any atom is -0.483 e. The highest BCUT2D eigenvalue weighted by Gasteiger charge is 2.12. The molecule has 2 aromatic carbocycles. The molecular weight excluding hydrogens is 300 g/mol. The van der Waals surface area contributed by atoms with Crippen LogP contribution in [0.4, 0.5) is 5.69 Å². The molecular formula is C16H20N2O3S. The zero-order valence-corrected chi connectivity index (χ0v) is 13.2. The average molecular weight is 320 g/mol. The van der Waals surface area contributed by atoms with Gasteiger partial charge in [0.15, 0.2) is 0 Å². The highest BCUT2D eigenvalue weighted by atomic mass is 32.2. The predicted molar refractivity (Wildman–Crippen MR) is 92.2 cm³/mol. The molecule has 0 unspecified atom stereocenters. The van der Waals surface area contributed by atoms with Gasteiger partial charge in [0.25, 0.3) is 6.47 Å². The molecule has 4 N–H and O–H groups in total. The summed E-state index contributed by atoms with van der Waals surface area (Å²) in [5.41, 5.74) is 6.63. The smallest absolute Gasteiger partial charge is 0.290 e. The Balaban J connectivity index is 0.000000745. The molecule has 0 saturated heterocycles. The fourth-order valence-electron chi connectivity index (χ4n) is 1.88. The van der Waals surface area contributed by atoms with Gasteiger partial charge >= 0.3 is 0 Å². The van der Waals surface area contributed by atoms with Crippen LogP contribution < -0.4 is 11.1 Å². The van der Waals surface area contributed by atoms with Crippen LogP contribution in [0.5, 0.6) is 0 Å². The monoisotopic (exact) mass is 320 g/mol. The van der Waals surface area contributed by atoms with Crippen molar-refractivity contribution in [2.45, 2.75) is 12.5 Å². The summed E-state index contributed by atoms with van der Waals surface area (Å²) >= 11 is 1.70. The summed E-state index contributed by atoms with van der Waals surface area (Å²) in [5, 5.41) is 12.0. The van der Waals surface area contributed by atoms with Crippen molar-refractivity contribution in [1.82, 2.24) is 0 Å². The van der Waals surface area contributed by atoms with E-state index in [0.29, 0.717) is 6.42 Å². The molecule has 2 rings (SSSR count). The molecule has 0 aromatic heterocycles. The molecule has 0 saturated carbocycles. The van der Waals surface area contributed by atoms with Gasteiger partial charge in [0.2, 0.25) is 5.91 Å². The lowest BCUT2D eigenvalue weighted by Crippen LogP contribution is -2.36. The number of carboxylic acid groups (broad SMARTS) is 1. The van der Waals surface area contributed by atoms with Crippen molar-refractivity contribution in [2.75, 3.05) is 17.3 Å². The number of carbonyl (C=O) groups excluding carboxylic acids is 1. The third-order valence-electron chi connectivity index (χ3n) is 2.99. The van der Waals surface area contributed by atoms with E-state index in [1.54, 1.807) is 11.8 Å². The van der Waals surface area contributed by atoms with Crippen LogP contribution in [0.3, 0.4) is 0 Å². The van der Waals surface area contributed by atoms with E-state index in [9.17, 15) is 4.79 Å². The van der Waals surface area contributed by atoms with Crippen molar-refractivity contribution < 1.29 is 14.7 Å². The number of thioether (sulfide) groups is 1. The zero-order valence-electron chi connectivity index (χ0n) is 12.4. The Morgan fingerprint density at radius 3 is 2.59 bits per heavy atom. The highest BCUT2D eigenvalue weighted by Crippen LogP contribution is 2.19. The topological polar surface area (TPSA) is 92.4 Å². The first-order valence-electron chi connectivity index (χ1n) is 6.74. The van der Waals surface area contributed by atoms with E-state index in [-0.39, 0.29) is 12.4 Å². The number of nitrogens with one attached hydrogen (secondary N) is 1. The lowest BCUT2D eigenvalue weighted by atomic mass is 10.1. The third kappa shape index (κ3) is 5.75. The van der Waals surface area contributed by atoms with E-state index in [0.717, 1.165) is 22.2 Å². The summed E-state index contributed by atoms with van der Waals surface area (Å²) in [4.78, 5) is 20.3.